The fraction of sp³-hybridized carbons (Fsp3) is 0.652. The average molecular weight is 433 g/mol. The SMILES string of the molecule is CC(C)(C)OC(=O)N1CCCCC1COc1noc2cccc(OC3CCCC3O)c12. The maximum atomic E-state index is 12.6. The predicted molar refractivity (Wildman–Crippen MR) is 114 cm³/mol. The molecule has 2 aromatic rings. The number of nitrogens with zero attached hydrogens (tertiary/aromatic N) is 2. The van der Waals surface area contributed by atoms with E-state index >= 15 is 0 Å². The van der Waals surface area contributed by atoms with Crippen LogP contribution in [0.5, 0.6) is 11.6 Å². The van der Waals surface area contributed by atoms with Crippen molar-refractivity contribution in [2.75, 3.05) is 13.2 Å². The van der Waals surface area contributed by atoms with Crippen molar-refractivity contribution in [2.45, 2.75) is 83.1 Å². The van der Waals surface area contributed by atoms with E-state index in [0.717, 1.165) is 38.5 Å². The van der Waals surface area contributed by atoms with Crippen LogP contribution in [0.1, 0.15) is 59.3 Å². The number of rotatable bonds is 5. The van der Waals surface area contributed by atoms with Gasteiger partial charge in [0.1, 0.15) is 29.4 Å². The molecule has 8 nitrogen and oxygen atoms in total. The first-order valence-corrected chi connectivity index (χ1v) is 11.2. The average Bonchev–Trinajstić information content (AvgIpc) is 3.32. The highest BCUT2D eigenvalue weighted by atomic mass is 16.6. The standard InChI is InChI=1S/C23H32N2O6/c1-23(2,3)30-22(27)25-13-5-4-8-15(25)14-28-21-20-18(11-7-12-19(20)31-24-21)29-17-10-6-9-16(17)26/h7,11-12,15-17,26H,4-6,8-10,13-14H2,1-3H3. The maximum absolute atomic E-state index is 12.6. The topological polar surface area (TPSA) is 94.3 Å². The number of hydrogen-bond donors (Lipinski definition) is 1. The molecule has 1 saturated carbocycles. The highest BCUT2D eigenvalue weighted by molar-refractivity contribution is 5.88. The normalized spacial score (nSPS) is 24.4. The molecule has 3 atom stereocenters. The van der Waals surface area contributed by atoms with Crippen LogP contribution in [0.25, 0.3) is 11.0 Å². The molecule has 2 heterocycles. The third kappa shape index (κ3) is 5.06. The molecule has 1 saturated heterocycles. The van der Waals surface area contributed by atoms with Gasteiger partial charge in [-0.05, 0) is 76.6 Å². The number of likely N-dealkylation sites (tertiary alicyclic amines) is 1. The smallest absolute Gasteiger partial charge is 0.410 e. The van der Waals surface area contributed by atoms with Crippen LogP contribution < -0.4 is 9.47 Å². The summed E-state index contributed by atoms with van der Waals surface area (Å²) in [6.45, 7) is 6.54. The molecule has 170 valence electrons. The summed E-state index contributed by atoms with van der Waals surface area (Å²) in [7, 11) is 0. The third-order valence-corrected chi connectivity index (χ3v) is 5.79. The molecule has 0 spiro atoms. The van der Waals surface area contributed by atoms with Crippen molar-refractivity contribution >= 4 is 17.1 Å². The fourth-order valence-electron chi connectivity index (χ4n) is 4.25. The maximum Gasteiger partial charge on any atom is 0.410 e. The van der Waals surface area contributed by atoms with Gasteiger partial charge in [0.2, 0.25) is 0 Å². The van der Waals surface area contributed by atoms with Crippen molar-refractivity contribution in [1.82, 2.24) is 10.1 Å². The largest absolute Gasteiger partial charge is 0.487 e. The molecule has 4 rings (SSSR count). The summed E-state index contributed by atoms with van der Waals surface area (Å²) >= 11 is 0. The van der Waals surface area contributed by atoms with Crippen LogP contribution in [0.15, 0.2) is 22.7 Å². The van der Waals surface area contributed by atoms with Gasteiger partial charge in [0, 0.05) is 6.54 Å². The number of hydrogen-bond acceptors (Lipinski definition) is 7. The van der Waals surface area contributed by atoms with Gasteiger partial charge in [-0.3, -0.25) is 0 Å². The predicted octanol–water partition coefficient (Wildman–Crippen LogP) is 4.29. The Hall–Kier alpha value is -2.48. The molecule has 31 heavy (non-hydrogen) atoms. The fourth-order valence-corrected chi connectivity index (χ4v) is 4.25. The van der Waals surface area contributed by atoms with Crippen molar-refractivity contribution in [3.8, 4) is 11.6 Å². The molecule has 1 amide bonds. The lowest BCUT2D eigenvalue weighted by molar-refractivity contribution is 0.00326. The van der Waals surface area contributed by atoms with E-state index in [-0.39, 0.29) is 18.2 Å². The first kappa shape index (κ1) is 21.7. The van der Waals surface area contributed by atoms with Gasteiger partial charge in [0.15, 0.2) is 5.58 Å². The summed E-state index contributed by atoms with van der Waals surface area (Å²) in [4.78, 5) is 14.4. The minimum atomic E-state index is -0.542. The number of aliphatic hydroxyl groups excluding tert-OH is 1. The van der Waals surface area contributed by atoms with Crippen molar-refractivity contribution < 1.29 is 28.6 Å². The number of carbonyl (C=O) groups excluding carboxylic acids is 1. The number of amides is 1. The summed E-state index contributed by atoms with van der Waals surface area (Å²) in [5, 5.41) is 14.9. The van der Waals surface area contributed by atoms with Gasteiger partial charge in [-0.1, -0.05) is 6.07 Å². The van der Waals surface area contributed by atoms with Crippen LogP contribution in [0.2, 0.25) is 0 Å². The van der Waals surface area contributed by atoms with Gasteiger partial charge in [-0.25, -0.2) is 4.79 Å². The number of aliphatic hydroxyl groups is 1. The van der Waals surface area contributed by atoms with Crippen LogP contribution in [-0.2, 0) is 4.74 Å². The third-order valence-electron chi connectivity index (χ3n) is 5.79. The van der Waals surface area contributed by atoms with E-state index < -0.39 is 11.7 Å². The van der Waals surface area contributed by atoms with Gasteiger partial charge < -0.3 is 28.7 Å². The Morgan fingerprint density at radius 1 is 1.23 bits per heavy atom. The van der Waals surface area contributed by atoms with Crippen molar-refractivity contribution in [1.29, 1.82) is 0 Å². The van der Waals surface area contributed by atoms with Crippen molar-refractivity contribution in [3.05, 3.63) is 18.2 Å². The summed E-state index contributed by atoms with van der Waals surface area (Å²) in [5.41, 5.74) is 0.0203. The van der Waals surface area contributed by atoms with E-state index in [9.17, 15) is 9.90 Å². The first-order valence-electron chi connectivity index (χ1n) is 11.2. The second-order valence-corrected chi connectivity index (χ2v) is 9.41. The van der Waals surface area contributed by atoms with Gasteiger partial charge in [-0.15, -0.1) is 0 Å². The number of benzene rings is 1. The van der Waals surface area contributed by atoms with Crippen molar-refractivity contribution in [3.63, 3.8) is 0 Å². The minimum absolute atomic E-state index is 0.0971. The number of aromatic nitrogens is 1. The highest BCUT2D eigenvalue weighted by Gasteiger charge is 2.32. The lowest BCUT2D eigenvalue weighted by atomic mass is 10.0. The molecule has 1 N–H and O–H groups in total. The molecule has 0 bridgehead atoms. The number of piperidine rings is 1. The minimum Gasteiger partial charge on any atom is -0.487 e. The molecule has 2 aliphatic rings. The number of fused-ring (bicyclic) bond motifs is 1. The number of ether oxygens (including phenoxy) is 3. The lowest BCUT2D eigenvalue weighted by Crippen LogP contribution is -2.48. The number of carbonyl (C=O) groups is 1. The van der Waals surface area contributed by atoms with E-state index in [4.69, 9.17) is 18.7 Å². The Bertz CT molecular complexity index is 905. The van der Waals surface area contributed by atoms with Crippen LogP contribution in [0, 0.1) is 0 Å². The van der Waals surface area contributed by atoms with Gasteiger partial charge in [0.25, 0.3) is 5.88 Å². The summed E-state index contributed by atoms with van der Waals surface area (Å²) in [6, 6.07) is 5.38. The quantitative estimate of drug-likeness (QED) is 0.753. The first-order chi connectivity index (χ1) is 14.8. The second-order valence-electron chi connectivity index (χ2n) is 9.41. The summed E-state index contributed by atoms with van der Waals surface area (Å²) in [5.74, 6) is 0.931. The molecule has 0 radical (unpaired) electrons. The van der Waals surface area contributed by atoms with Crippen LogP contribution in [0.3, 0.4) is 0 Å². The highest BCUT2D eigenvalue weighted by Crippen LogP contribution is 2.36. The lowest BCUT2D eigenvalue weighted by Gasteiger charge is -2.36. The van der Waals surface area contributed by atoms with Crippen LogP contribution in [-0.4, -0.2) is 58.3 Å². The Labute approximate surface area is 182 Å². The van der Waals surface area contributed by atoms with E-state index in [0.29, 0.717) is 35.8 Å². The summed E-state index contributed by atoms with van der Waals surface area (Å²) in [6.07, 6.45) is 4.29. The molecule has 1 aliphatic carbocycles. The molecule has 8 heteroatoms. The second kappa shape index (κ2) is 8.94. The molecule has 1 aliphatic heterocycles. The Kier molecular flexibility index (Phi) is 6.27. The molecular weight excluding hydrogens is 400 g/mol. The Morgan fingerprint density at radius 2 is 2.06 bits per heavy atom. The zero-order valence-electron chi connectivity index (χ0n) is 18.5. The summed E-state index contributed by atoms with van der Waals surface area (Å²) < 4.78 is 23.1. The van der Waals surface area contributed by atoms with E-state index in [1.165, 1.54) is 0 Å². The zero-order valence-corrected chi connectivity index (χ0v) is 18.5. The van der Waals surface area contributed by atoms with Gasteiger partial charge in [-0.2, -0.15) is 0 Å². The van der Waals surface area contributed by atoms with Crippen LogP contribution in [0.4, 0.5) is 4.79 Å². The van der Waals surface area contributed by atoms with E-state index in [1.807, 2.05) is 32.9 Å². The van der Waals surface area contributed by atoms with Crippen molar-refractivity contribution in [2.24, 2.45) is 0 Å². The van der Waals surface area contributed by atoms with E-state index in [1.54, 1.807) is 11.0 Å². The molecule has 3 unspecified atom stereocenters. The van der Waals surface area contributed by atoms with E-state index in [2.05, 4.69) is 5.16 Å². The molecular formula is C23H32N2O6. The zero-order chi connectivity index (χ0) is 22.0. The monoisotopic (exact) mass is 432 g/mol. The molecule has 2 fully saturated rings. The van der Waals surface area contributed by atoms with Gasteiger partial charge in [0.05, 0.1) is 12.1 Å². The molecule has 1 aromatic heterocycles. The van der Waals surface area contributed by atoms with Crippen LogP contribution >= 0.6 is 0 Å². The van der Waals surface area contributed by atoms with Gasteiger partial charge >= 0.3 is 6.09 Å². The molecule has 1 aromatic carbocycles. The Balaban J connectivity index is 1.48. The Morgan fingerprint density at radius 3 is 2.81 bits per heavy atom.